The minimum Gasteiger partial charge on any atom is -0.345 e. The van der Waals surface area contributed by atoms with Crippen molar-refractivity contribution in [3.8, 4) is 0 Å². The Bertz CT molecular complexity index is 369. The van der Waals surface area contributed by atoms with Crippen LogP contribution < -0.4 is 5.32 Å². The van der Waals surface area contributed by atoms with E-state index in [2.05, 4.69) is 28.2 Å². The van der Waals surface area contributed by atoms with Crippen LogP contribution in [0.5, 0.6) is 0 Å². The van der Waals surface area contributed by atoms with Gasteiger partial charge in [0.05, 0.1) is 10.4 Å². The third-order valence-electron chi connectivity index (χ3n) is 3.61. The Balaban J connectivity index is 2.02. The molecule has 1 aliphatic carbocycles. The van der Waals surface area contributed by atoms with E-state index in [1.165, 1.54) is 24.2 Å². The zero-order valence-corrected chi connectivity index (χ0v) is 12.4. The van der Waals surface area contributed by atoms with Gasteiger partial charge in [0.15, 0.2) is 0 Å². The molecule has 0 radical (unpaired) electrons. The molecule has 94 valence electrons. The van der Waals surface area contributed by atoms with Crippen LogP contribution in [0.15, 0.2) is 17.5 Å². The number of nitrogens with one attached hydrogen (secondary N) is 1. The SMILES string of the molecule is CC1CCC(CBr)(NC(=O)c2cccs2)CC1. The standard InChI is InChI=1S/C13H18BrNOS/c1-10-4-6-13(9-14,7-5-10)15-12(16)11-3-2-8-17-11/h2-3,8,10H,4-7,9H2,1H3,(H,15,16). The Hall–Kier alpha value is -0.350. The minimum atomic E-state index is -0.0341. The maximum Gasteiger partial charge on any atom is 0.261 e. The molecule has 2 rings (SSSR count). The van der Waals surface area contributed by atoms with Crippen molar-refractivity contribution in [1.29, 1.82) is 0 Å². The van der Waals surface area contributed by atoms with Crippen molar-refractivity contribution in [2.45, 2.75) is 38.1 Å². The summed E-state index contributed by atoms with van der Waals surface area (Å²) < 4.78 is 0. The summed E-state index contributed by atoms with van der Waals surface area (Å²) in [5.41, 5.74) is -0.0341. The number of hydrogen-bond acceptors (Lipinski definition) is 2. The molecule has 1 heterocycles. The number of thiophene rings is 1. The molecule has 0 atom stereocenters. The molecule has 0 spiro atoms. The number of rotatable bonds is 3. The molecule has 0 aliphatic heterocycles. The minimum absolute atomic E-state index is 0.0341. The summed E-state index contributed by atoms with van der Waals surface area (Å²) >= 11 is 5.07. The van der Waals surface area contributed by atoms with Crippen molar-refractivity contribution in [2.24, 2.45) is 5.92 Å². The number of hydrogen-bond donors (Lipinski definition) is 1. The normalized spacial score (nSPS) is 28.9. The van der Waals surface area contributed by atoms with Crippen LogP contribution in [-0.2, 0) is 0 Å². The molecule has 1 N–H and O–H groups in total. The third kappa shape index (κ3) is 3.10. The van der Waals surface area contributed by atoms with Crippen LogP contribution >= 0.6 is 27.3 Å². The lowest BCUT2D eigenvalue weighted by Gasteiger charge is -2.38. The fourth-order valence-electron chi connectivity index (χ4n) is 2.32. The van der Waals surface area contributed by atoms with Crippen molar-refractivity contribution in [2.75, 3.05) is 5.33 Å². The van der Waals surface area contributed by atoms with Gasteiger partial charge in [0.2, 0.25) is 0 Å². The smallest absolute Gasteiger partial charge is 0.261 e. The summed E-state index contributed by atoms with van der Waals surface area (Å²) in [5.74, 6) is 0.870. The Kier molecular flexibility index (Phi) is 4.26. The summed E-state index contributed by atoms with van der Waals surface area (Å²) in [4.78, 5) is 12.9. The average molecular weight is 316 g/mol. The van der Waals surface area contributed by atoms with E-state index in [1.54, 1.807) is 0 Å². The Morgan fingerprint density at radius 2 is 2.29 bits per heavy atom. The molecule has 1 aromatic rings. The summed E-state index contributed by atoms with van der Waals surface area (Å²) in [6.45, 7) is 2.29. The number of carbonyl (C=O) groups excluding carboxylic acids is 1. The molecule has 0 aromatic carbocycles. The monoisotopic (exact) mass is 315 g/mol. The summed E-state index contributed by atoms with van der Waals surface area (Å²) in [6, 6.07) is 3.80. The molecule has 1 aliphatic rings. The van der Waals surface area contributed by atoms with Gasteiger partial charge in [0.1, 0.15) is 0 Å². The lowest BCUT2D eigenvalue weighted by atomic mass is 9.78. The van der Waals surface area contributed by atoms with Gasteiger partial charge in [0.25, 0.3) is 5.91 Å². The van der Waals surface area contributed by atoms with Crippen LogP contribution in [0.2, 0.25) is 0 Å². The molecule has 0 bridgehead atoms. The van der Waals surface area contributed by atoms with Crippen LogP contribution in [0.4, 0.5) is 0 Å². The van der Waals surface area contributed by atoms with Gasteiger partial charge >= 0.3 is 0 Å². The first kappa shape index (κ1) is 13.1. The highest BCUT2D eigenvalue weighted by Crippen LogP contribution is 2.33. The lowest BCUT2D eigenvalue weighted by molar-refractivity contribution is 0.0878. The zero-order chi connectivity index (χ0) is 12.3. The Labute approximate surface area is 115 Å². The van der Waals surface area contributed by atoms with Crippen LogP contribution in [0.1, 0.15) is 42.3 Å². The Morgan fingerprint density at radius 1 is 1.59 bits per heavy atom. The first-order chi connectivity index (χ1) is 8.15. The van der Waals surface area contributed by atoms with Gasteiger partial charge in [0, 0.05) is 5.33 Å². The molecule has 1 saturated carbocycles. The summed E-state index contributed by atoms with van der Waals surface area (Å²) in [6.07, 6.45) is 4.57. The number of alkyl halides is 1. The van der Waals surface area contributed by atoms with Crippen molar-refractivity contribution >= 4 is 33.2 Å². The molecule has 1 amide bonds. The zero-order valence-electron chi connectivity index (χ0n) is 10.0. The highest BCUT2D eigenvalue weighted by molar-refractivity contribution is 9.09. The molecule has 2 nitrogen and oxygen atoms in total. The van der Waals surface area contributed by atoms with E-state index in [0.717, 1.165) is 29.0 Å². The van der Waals surface area contributed by atoms with Gasteiger partial charge in [-0.25, -0.2) is 0 Å². The number of amides is 1. The number of carbonyl (C=O) groups is 1. The van der Waals surface area contributed by atoms with Gasteiger partial charge in [-0.3, -0.25) is 4.79 Å². The largest absolute Gasteiger partial charge is 0.345 e. The summed E-state index contributed by atoms with van der Waals surface area (Å²) in [7, 11) is 0. The number of halogens is 1. The van der Waals surface area contributed by atoms with Gasteiger partial charge < -0.3 is 5.32 Å². The molecule has 0 unspecified atom stereocenters. The Morgan fingerprint density at radius 3 is 2.82 bits per heavy atom. The van der Waals surface area contributed by atoms with Gasteiger partial charge in [-0.2, -0.15) is 0 Å². The van der Waals surface area contributed by atoms with E-state index in [1.807, 2.05) is 17.5 Å². The summed E-state index contributed by atoms with van der Waals surface area (Å²) in [5, 5.41) is 6.02. The van der Waals surface area contributed by atoms with Crippen molar-refractivity contribution in [3.05, 3.63) is 22.4 Å². The van der Waals surface area contributed by atoms with Crippen molar-refractivity contribution < 1.29 is 4.79 Å². The first-order valence-electron chi connectivity index (χ1n) is 6.07. The maximum absolute atomic E-state index is 12.1. The fraction of sp³-hybridized carbons (Fsp3) is 0.615. The topological polar surface area (TPSA) is 29.1 Å². The molecular formula is C13H18BrNOS. The van der Waals surface area contributed by atoms with Crippen LogP contribution in [0.25, 0.3) is 0 Å². The fourth-order valence-corrected chi connectivity index (χ4v) is 3.64. The predicted molar refractivity (Wildman–Crippen MR) is 75.9 cm³/mol. The quantitative estimate of drug-likeness (QED) is 0.844. The second-order valence-electron chi connectivity index (χ2n) is 5.03. The average Bonchev–Trinajstić information content (AvgIpc) is 2.86. The van der Waals surface area contributed by atoms with E-state index in [9.17, 15) is 4.79 Å². The molecule has 4 heteroatoms. The predicted octanol–water partition coefficient (Wildman–Crippen LogP) is 3.82. The highest BCUT2D eigenvalue weighted by atomic mass is 79.9. The second-order valence-corrected chi connectivity index (χ2v) is 6.54. The van der Waals surface area contributed by atoms with E-state index < -0.39 is 0 Å². The van der Waals surface area contributed by atoms with Gasteiger partial charge in [-0.05, 0) is 43.0 Å². The highest BCUT2D eigenvalue weighted by Gasteiger charge is 2.34. The van der Waals surface area contributed by atoms with Crippen LogP contribution in [0, 0.1) is 5.92 Å². The molecule has 1 fully saturated rings. The van der Waals surface area contributed by atoms with Crippen LogP contribution in [0.3, 0.4) is 0 Å². The van der Waals surface area contributed by atoms with Crippen molar-refractivity contribution in [3.63, 3.8) is 0 Å². The van der Waals surface area contributed by atoms with E-state index in [-0.39, 0.29) is 11.4 Å². The van der Waals surface area contributed by atoms with Gasteiger partial charge in [-0.15, -0.1) is 11.3 Å². The van der Waals surface area contributed by atoms with E-state index in [4.69, 9.17) is 0 Å². The maximum atomic E-state index is 12.1. The third-order valence-corrected chi connectivity index (χ3v) is 5.55. The van der Waals surface area contributed by atoms with Gasteiger partial charge in [-0.1, -0.05) is 28.9 Å². The lowest BCUT2D eigenvalue weighted by Crippen LogP contribution is -2.51. The first-order valence-corrected chi connectivity index (χ1v) is 8.07. The molecule has 17 heavy (non-hydrogen) atoms. The van der Waals surface area contributed by atoms with Crippen molar-refractivity contribution in [1.82, 2.24) is 5.32 Å². The molecule has 0 saturated heterocycles. The van der Waals surface area contributed by atoms with Crippen LogP contribution in [-0.4, -0.2) is 16.8 Å². The second kappa shape index (κ2) is 5.53. The van der Waals surface area contributed by atoms with E-state index >= 15 is 0 Å². The molecule has 1 aromatic heterocycles. The van der Waals surface area contributed by atoms with E-state index in [0.29, 0.717) is 0 Å². The molecular weight excluding hydrogens is 298 g/mol.